The van der Waals surface area contributed by atoms with Crippen LogP contribution in [0.5, 0.6) is 0 Å². The van der Waals surface area contributed by atoms with Crippen LogP contribution in [0.25, 0.3) is 49.7 Å². The van der Waals surface area contributed by atoms with Crippen LogP contribution in [-0.4, -0.2) is 0 Å². The third-order valence-electron chi connectivity index (χ3n) is 12.5. The van der Waals surface area contributed by atoms with E-state index in [4.69, 9.17) is 0 Å². The van der Waals surface area contributed by atoms with E-state index < -0.39 is 0 Å². The number of anilines is 3. The molecule has 2 heteroatoms. The third kappa shape index (κ3) is 5.55. The zero-order valence-corrected chi connectivity index (χ0v) is 33.4. The highest BCUT2D eigenvalue weighted by Crippen LogP contribution is 2.54. The summed E-state index contributed by atoms with van der Waals surface area (Å²) < 4.78 is 0. The highest BCUT2D eigenvalue weighted by atomic mass is 32.2. The van der Waals surface area contributed by atoms with Crippen molar-refractivity contribution in [3.05, 3.63) is 229 Å². The topological polar surface area (TPSA) is 3.24 Å². The van der Waals surface area contributed by atoms with Crippen molar-refractivity contribution in [2.75, 3.05) is 4.90 Å². The van der Waals surface area contributed by atoms with Crippen LogP contribution in [0.4, 0.5) is 17.1 Å². The third-order valence-corrected chi connectivity index (χ3v) is 13.7. The molecule has 11 rings (SSSR count). The lowest BCUT2D eigenvalue weighted by Crippen LogP contribution is -2.23. The van der Waals surface area contributed by atoms with E-state index in [2.05, 4.69) is 225 Å². The second kappa shape index (κ2) is 13.8. The molecule has 1 nitrogen and oxygen atoms in total. The van der Waals surface area contributed by atoms with Gasteiger partial charge < -0.3 is 4.90 Å². The Morgan fingerprint density at radius 2 is 1.16 bits per heavy atom. The molecule has 3 aliphatic rings. The molecule has 0 aromatic heterocycles. The molecule has 0 fully saturated rings. The van der Waals surface area contributed by atoms with Gasteiger partial charge in [-0.15, -0.1) is 0 Å². The standard InChI is InChI=1S/C56H41NS/c1-37-13-6-8-23-51-54(37)48-20-7-9-22-50(48)56(51,2)43-28-32-45(33-29-43)57(44-30-25-39(26-31-44)38-14-4-3-5-15-38)46-19-10-18-41(35-46)42-27-34-52-49(36-42)47-21-11-16-40-17-12-24-53(58-52)55(40)47/h3-37H,1-2H3/t37-,56?/m1/s1. The molecule has 0 saturated carbocycles. The number of fused-ring (bicyclic) bond motifs is 4. The number of rotatable bonds is 6. The second-order valence-electron chi connectivity index (χ2n) is 15.8. The zero-order chi connectivity index (χ0) is 38.8. The maximum absolute atomic E-state index is 2.41. The van der Waals surface area contributed by atoms with E-state index in [9.17, 15) is 0 Å². The summed E-state index contributed by atoms with van der Waals surface area (Å²) in [6.07, 6.45) is 9.08. The Balaban J connectivity index is 1.02. The van der Waals surface area contributed by atoms with Gasteiger partial charge in [0.05, 0.1) is 0 Å². The van der Waals surface area contributed by atoms with Crippen molar-refractivity contribution >= 4 is 45.2 Å². The average molecular weight is 760 g/mol. The predicted molar refractivity (Wildman–Crippen MR) is 246 cm³/mol. The fraction of sp³-hybridized carbons (Fsp3) is 0.0714. The van der Waals surface area contributed by atoms with Gasteiger partial charge in [0.1, 0.15) is 0 Å². The first-order chi connectivity index (χ1) is 28.5. The molecular formula is C56H41NS. The van der Waals surface area contributed by atoms with Crippen molar-refractivity contribution in [2.45, 2.75) is 29.1 Å². The predicted octanol–water partition coefficient (Wildman–Crippen LogP) is 15.6. The molecule has 0 bridgehead atoms. The van der Waals surface area contributed by atoms with Gasteiger partial charge in [-0.05, 0) is 128 Å². The lowest BCUT2D eigenvalue weighted by molar-refractivity contribution is 0.705. The van der Waals surface area contributed by atoms with Gasteiger partial charge in [0.25, 0.3) is 0 Å². The highest BCUT2D eigenvalue weighted by molar-refractivity contribution is 7.99. The van der Waals surface area contributed by atoms with Gasteiger partial charge in [-0.25, -0.2) is 0 Å². The smallest absolute Gasteiger partial charge is 0.0467 e. The van der Waals surface area contributed by atoms with Gasteiger partial charge in [0, 0.05) is 43.6 Å². The Morgan fingerprint density at radius 3 is 1.98 bits per heavy atom. The molecule has 0 amide bonds. The van der Waals surface area contributed by atoms with Crippen molar-refractivity contribution < 1.29 is 0 Å². The van der Waals surface area contributed by atoms with Gasteiger partial charge in [-0.1, -0.05) is 170 Å². The molecule has 2 aliphatic carbocycles. The van der Waals surface area contributed by atoms with E-state index >= 15 is 0 Å². The summed E-state index contributed by atoms with van der Waals surface area (Å²) in [6, 6.07) is 67.3. The molecule has 1 aliphatic heterocycles. The Kier molecular flexibility index (Phi) is 8.24. The lowest BCUT2D eigenvalue weighted by atomic mass is 9.73. The SMILES string of the molecule is C[C@@H]1C=CC=CC2=C1c1ccccc1C2(C)c1ccc(N(c2ccc(-c3ccccc3)cc2)c2cccc(-c3ccc4c(c3)-c3cccc5cccc(c35)S4)c2)cc1. The fourth-order valence-corrected chi connectivity index (χ4v) is 10.8. The molecule has 276 valence electrons. The number of hydrogen-bond donors (Lipinski definition) is 0. The van der Waals surface area contributed by atoms with E-state index in [-0.39, 0.29) is 5.41 Å². The minimum atomic E-state index is -0.265. The maximum atomic E-state index is 2.41. The molecule has 0 N–H and O–H groups in total. The first kappa shape index (κ1) is 34.6. The summed E-state index contributed by atoms with van der Waals surface area (Å²) in [4.78, 5) is 5.04. The minimum absolute atomic E-state index is 0.265. The Morgan fingerprint density at radius 1 is 0.500 bits per heavy atom. The van der Waals surface area contributed by atoms with Crippen LogP contribution < -0.4 is 4.90 Å². The highest BCUT2D eigenvalue weighted by Gasteiger charge is 2.42. The van der Waals surface area contributed by atoms with E-state index in [0.717, 1.165) is 17.1 Å². The van der Waals surface area contributed by atoms with Crippen LogP contribution in [0.2, 0.25) is 0 Å². The van der Waals surface area contributed by atoms with Crippen LogP contribution in [0, 0.1) is 5.92 Å². The lowest BCUT2D eigenvalue weighted by Gasteiger charge is -2.31. The number of nitrogens with zero attached hydrogens (tertiary/aromatic N) is 1. The molecule has 1 unspecified atom stereocenters. The van der Waals surface area contributed by atoms with Gasteiger partial charge in [-0.3, -0.25) is 0 Å². The summed E-state index contributed by atoms with van der Waals surface area (Å²) in [5.74, 6) is 0.340. The van der Waals surface area contributed by atoms with Crippen LogP contribution in [0.15, 0.2) is 222 Å². The zero-order valence-electron chi connectivity index (χ0n) is 32.6. The summed E-state index contributed by atoms with van der Waals surface area (Å²) in [7, 11) is 0. The summed E-state index contributed by atoms with van der Waals surface area (Å²) in [6.45, 7) is 4.73. The Bertz CT molecular complexity index is 2980. The minimum Gasteiger partial charge on any atom is -0.310 e. The van der Waals surface area contributed by atoms with Gasteiger partial charge >= 0.3 is 0 Å². The quantitative estimate of drug-likeness (QED) is 0.166. The molecule has 8 aromatic rings. The van der Waals surface area contributed by atoms with Crippen molar-refractivity contribution in [1.29, 1.82) is 0 Å². The molecule has 0 radical (unpaired) electrons. The van der Waals surface area contributed by atoms with Gasteiger partial charge in [-0.2, -0.15) is 0 Å². The molecule has 58 heavy (non-hydrogen) atoms. The van der Waals surface area contributed by atoms with Crippen LogP contribution >= 0.6 is 11.8 Å². The van der Waals surface area contributed by atoms with Crippen molar-refractivity contribution in [3.63, 3.8) is 0 Å². The Hall–Kier alpha value is -6.61. The monoisotopic (exact) mass is 759 g/mol. The average Bonchev–Trinajstić information content (AvgIpc) is 3.38. The number of allylic oxidation sites excluding steroid dienone is 6. The fourth-order valence-electron chi connectivity index (χ4n) is 9.64. The normalized spacial score (nSPS) is 17.4. The molecule has 8 aromatic carbocycles. The van der Waals surface area contributed by atoms with Crippen molar-refractivity contribution in [3.8, 4) is 33.4 Å². The van der Waals surface area contributed by atoms with Gasteiger partial charge in [0.2, 0.25) is 0 Å². The van der Waals surface area contributed by atoms with Gasteiger partial charge in [0.15, 0.2) is 0 Å². The van der Waals surface area contributed by atoms with Crippen molar-refractivity contribution in [2.24, 2.45) is 5.92 Å². The maximum Gasteiger partial charge on any atom is 0.0467 e. The van der Waals surface area contributed by atoms with E-state index in [1.165, 1.54) is 81.8 Å². The van der Waals surface area contributed by atoms with Crippen LogP contribution in [-0.2, 0) is 5.41 Å². The van der Waals surface area contributed by atoms with E-state index in [1.807, 2.05) is 11.8 Å². The van der Waals surface area contributed by atoms with Crippen molar-refractivity contribution in [1.82, 2.24) is 0 Å². The van der Waals surface area contributed by atoms with Crippen LogP contribution in [0.3, 0.4) is 0 Å². The Labute approximate surface area is 345 Å². The van der Waals surface area contributed by atoms with Crippen LogP contribution in [0.1, 0.15) is 30.5 Å². The molecule has 0 spiro atoms. The van der Waals surface area contributed by atoms with E-state index in [0.29, 0.717) is 5.92 Å². The largest absolute Gasteiger partial charge is 0.310 e. The number of hydrogen-bond acceptors (Lipinski definition) is 2. The molecule has 1 heterocycles. The number of benzene rings is 8. The second-order valence-corrected chi connectivity index (χ2v) is 16.9. The molecular weight excluding hydrogens is 719 g/mol. The first-order valence-electron chi connectivity index (χ1n) is 20.2. The van der Waals surface area contributed by atoms with E-state index in [1.54, 1.807) is 0 Å². The molecule has 0 saturated heterocycles. The summed E-state index contributed by atoms with van der Waals surface area (Å²) in [5, 5.41) is 2.65. The first-order valence-corrected chi connectivity index (χ1v) is 21.1. The summed E-state index contributed by atoms with van der Waals surface area (Å²) in [5.41, 5.74) is 17.4. The molecule has 2 atom stereocenters. The summed E-state index contributed by atoms with van der Waals surface area (Å²) >= 11 is 1.88.